The molecule has 0 aromatic heterocycles. The zero-order valence-corrected chi connectivity index (χ0v) is 12.1. The first kappa shape index (κ1) is 13.4. The van der Waals surface area contributed by atoms with Gasteiger partial charge in [0.1, 0.15) is 0 Å². The molecule has 0 aromatic rings. The molecule has 2 saturated carbocycles. The van der Waals surface area contributed by atoms with Gasteiger partial charge in [-0.1, -0.05) is 56.8 Å². The monoisotopic (exact) mass is 260 g/mol. The molecular formula is C18H28O. The highest BCUT2D eigenvalue weighted by Gasteiger charge is 2.33. The van der Waals surface area contributed by atoms with Gasteiger partial charge in [-0.15, -0.1) is 0 Å². The molecule has 0 radical (unpaired) electrons. The minimum atomic E-state index is -0.184. The van der Waals surface area contributed by atoms with Crippen molar-refractivity contribution < 1.29 is 5.11 Å². The molecule has 2 unspecified atom stereocenters. The van der Waals surface area contributed by atoms with Gasteiger partial charge in [-0.2, -0.15) is 0 Å². The van der Waals surface area contributed by atoms with E-state index >= 15 is 0 Å². The molecule has 1 heteroatoms. The highest BCUT2D eigenvalue weighted by Crippen LogP contribution is 2.40. The predicted molar refractivity (Wildman–Crippen MR) is 79.9 cm³/mol. The van der Waals surface area contributed by atoms with Crippen molar-refractivity contribution >= 4 is 0 Å². The largest absolute Gasteiger partial charge is 0.388 e. The summed E-state index contributed by atoms with van der Waals surface area (Å²) in [5.74, 6) is 1.80. The molecule has 3 aliphatic rings. The molecule has 0 saturated heterocycles. The Morgan fingerprint density at radius 2 is 1.47 bits per heavy atom. The van der Waals surface area contributed by atoms with E-state index in [1.54, 1.807) is 0 Å². The average Bonchev–Trinajstić information content (AvgIpc) is 2.49. The van der Waals surface area contributed by atoms with Crippen LogP contribution in [0.3, 0.4) is 0 Å². The Morgan fingerprint density at radius 1 is 0.842 bits per heavy atom. The summed E-state index contributed by atoms with van der Waals surface area (Å²) >= 11 is 0. The normalized spacial score (nSPS) is 34.3. The van der Waals surface area contributed by atoms with Crippen molar-refractivity contribution in [1.29, 1.82) is 0 Å². The fraction of sp³-hybridized carbons (Fsp3) is 0.778. The number of rotatable bonds is 2. The molecule has 0 aromatic carbocycles. The summed E-state index contributed by atoms with van der Waals surface area (Å²) in [7, 11) is 0. The van der Waals surface area contributed by atoms with Crippen molar-refractivity contribution in [2.75, 3.05) is 0 Å². The molecule has 1 N–H and O–H groups in total. The lowest BCUT2D eigenvalue weighted by molar-refractivity contribution is 0.0986. The van der Waals surface area contributed by atoms with E-state index in [-0.39, 0.29) is 6.10 Å². The molecule has 3 aliphatic carbocycles. The molecule has 0 heterocycles. The van der Waals surface area contributed by atoms with E-state index < -0.39 is 0 Å². The van der Waals surface area contributed by atoms with E-state index in [1.807, 2.05) is 0 Å². The van der Waals surface area contributed by atoms with Crippen LogP contribution in [0.5, 0.6) is 0 Å². The van der Waals surface area contributed by atoms with Crippen molar-refractivity contribution in [1.82, 2.24) is 0 Å². The highest BCUT2D eigenvalue weighted by molar-refractivity contribution is 5.27. The van der Waals surface area contributed by atoms with Crippen molar-refractivity contribution in [3.05, 3.63) is 23.8 Å². The van der Waals surface area contributed by atoms with Crippen molar-refractivity contribution in [3.8, 4) is 0 Å². The van der Waals surface area contributed by atoms with Crippen LogP contribution in [0.1, 0.15) is 64.2 Å². The van der Waals surface area contributed by atoms with E-state index in [2.05, 4.69) is 18.2 Å². The van der Waals surface area contributed by atoms with Gasteiger partial charge in [-0.3, -0.25) is 0 Å². The van der Waals surface area contributed by atoms with Crippen LogP contribution in [0.2, 0.25) is 0 Å². The Balaban J connectivity index is 1.68. The second-order valence-corrected chi connectivity index (χ2v) is 6.81. The summed E-state index contributed by atoms with van der Waals surface area (Å²) in [4.78, 5) is 0. The average molecular weight is 260 g/mol. The fourth-order valence-electron chi connectivity index (χ4n) is 4.47. The summed E-state index contributed by atoms with van der Waals surface area (Å²) < 4.78 is 0. The second kappa shape index (κ2) is 6.26. The Hall–Kier alpha value is -0.560. The van der Waals surface area contributed by atoms with Crippen LogP contribution in [0.25, 0.3) is 0 Å². The zero-order chi connectivity index (χ0) is 13.1. The van der Waals surface area contributed by atoms with E-state index in [0.29, 0.717) is 11.8 Å². The Bertz CT molecular complexity index is 343. The van der Waals surface area contributed by atoms with E-state index in [0.717, 1.165) is 5.92 Å². The van der Waals surface area contributed by atoms with Crippen molar-refractivity contribution in [2.45, 2.75) is 70.3 Å². The number of hydrogen-bond donors (Lipinski definition) is 1. The summed E-state index contributed by atoms with van der Waals surface area (Å²) in [6.45, 7) is 0. The molecule has 2 fully saturated rings. The third-order valence-corrected chi connectivity index (χ3v) is 5.60. The van der Waals surface area contributed by atoms with Crippen LogP contribution in [-0.2, 0) is 0 Å². The topological polar surface area (TPSA) is 20.2 Å². The van der Waals surface area contributed by atoms with Gasteiger partial charge in [-0.05, 0) is 43.1 Å². The summed E-state index contributed by atoms with van der Waals surface area (Å²) in [6, 6.07) is 0. The Morgan fingerprint density at radius 3 is 2.16 bits per heavy atom. The molecular weight excluding hydrogens is 232 g/mol. The minimum Gasteiger partial charge on any atom is -0.388 e. The Kier molecular flexibility index (Phi) is 4.42. The van der Waals surface area contributed by atoms with Gasteiger partial charge < -0.3 is 5.11 Å². The third kappa shape index (κ3) is 2.97. The maximum absolute atomic E-state index is 10.8. The number of aliphatic hydroxyl groups is 1. The molecule has 19 heavy (non-hydrogen) atoms. The van der Waals surface area contributed by atoms with E-state index in [1.165, 1.54) is 69.8 Å². The first-order valence-electron chi connectivity index (χ1n) is 8.42. The zero-order valence-electron chi connectivity index (χ0n) is 12.1. The van der Waals surface area contributed by atoms with Gasteiger partial charge in [0, 0.05) is 5.92 Å². The van der Waals surface area contributed by atoms with Crippen molar-refractivity contribution in [3.63, 3.8) is 0 Å². The van der Waals surface area contributed by atoms with Crippen LogP contribution in [0.15, 0.2) is 23.8 Å². The van der Waals surface area contributed by atoms with Gasteiger partial charge in [-0.25, -0.2) is 0 Å². The molecule has 106 valence electrons. The lowest BCUT2D eigenvalue weighted by atomic mass is 9.70. The smallest absolute Gasteiger partial charge is 0.0821 e. The fourth-order valence-corrected chi connectivity index (χ4v) is 4.47. The summed E-state index contributed by atoms with van der Waals surface area (Å²) in [5, 5.41) is 10.8. The highest BCUT2D eigenvalue weighted by atomic mass is 16.3. The maximum atomic E-state index is 10.8. The number of hydrogen-bond acceptors (Lipinski definition) is 1. The van der Waals surface area contributed by atoms with Gasteiger partial charge in [0.05, 0.1) is 6.10 Å². The molecule has 0 aliphatic heterocycles. The van der Waals surface area contributed by atoms with Gasteiger partial charge in [0.15, 0.2) is 0 Å². The lowest BCUT2D eigenvalue weighted by Crippen LogP contribution is -2.33. The molecule has 0 bridgehead atoms. The number of allylic oxidation sites excluding steroid dienone is 2. The van der Waals surface area contributed by atoms with Crippen molar-refractivity contribution in [2.24, 2.45) is 17.8 Å². The van der Waals surface area contributed by atoms with E-state index in [9.17, 15) is 5.11 Å². The molecule has 0 amide bonds. The standard InChI is InChI=1S/C18H28O/c19-18-16(14-8-3-1-4-9-14)12-7-13-17(18)15-10-5-2-6-11-15/h7,12-16,18-19H,1-6,8-11H2. The predicted octanol–water partition coefficient (Wildman–Crippen LogP) is 4.62. The lowest BCUT2D eigenvalue weighted by Gasteiger charge is -2.37. The molecule has 2 atom stereocenters. The quantitative estimate of drug-likeness (QED) is 0.768. The summed E-state index contributed by atoms with van der Waals surface area (Å²) in [5.41, 5.74) is 1.36. The SMILES string of the molecule is OC1C(C2CCCCC2)=CC=CC1C1CCCCC1. The van der Waals surface area contributed by atoms with Gasteiger partial charge >= 0.3 is 0 Å². The van der Waals surface area contributed by atoms with Crippen LogP contribution in [0, 0.1) is 17.8 Å². The first-order chi connectivity index (χ1) is 9.36. The van der Waals surface area contributed by atoms with Crippen LogP contribution in [0.4, 0.5) is 0 Å². The number of aliphatic hydroxyl groups excluding tert-OH is 1. The second-order valence-electron chi connectivity index (χ2n) is 6.81. The molecule has 3 rings (SSSR count). The first-order valence-corrected chi connectivity index (χ1v) is 8.42. The van der Waals surface area contributed by atoms with Crippen LogP contribution < -0.4 is 0 Å². The maximum Gasteiger partial charge on any atom is 0.0821 e. The summed E-state index contributed by atoms with van der Waals surface area (Å²) in [6.07, 6.45) is 20.0. The third-order valence-electron chi connectivity index (χ3n) is 5.60. The van der Waals surface area contributed by atoms with Crippen LogP contribution >= 0.6 is 0 Å². The van der Waals surface area contributed by atoms with Crippen LogP contribution in [-0.4, -0.2) is 11.2 Å². The van der Waals surface area contributed by atoms with Gasteiger partial charge in [0.2, 0.25) is 0 Å². The Labute approximate surface area is 117 Å². The molecule has 0 spiro atoms. The van der Waals surface area contributed by atoms with E-state index in [4.69, 9.17) is 0 Å². The van der Waals surface area contributed by atoms with Gasteiger partial charge in [0.25, 0.3) is 0 Å². The molecule has 1 nitrogen and oxygen atoms in total. The minimum absolute atomic E-state index is 0.184.